The van der Waals surface area contributed by atoms with Crippen LogP contribution in [-0.2, 0) is 11.3 Å². The summed E-state index contributed by atoms with van der Waals surface area (Å²) < 4.78 is 4.27. The number of thioether (sulfide) groups is 1. The molecule has 160 valence electrons. The van der Waals surface area contributed by atoms with Gasteiger partial charge in [0.05, 0.1) is 23.3 Å². The van der Waals surface area contributed by atoms with Crippen molar-refractivity contribution >= 4 is 34.5 Å². The fourth-order valence-electron chi connectivity index (χ4n) is 4.74. The molecule has 1 aliphatic rings. The van der Waals surface area contributed by atoms with Gasteiger partial charge in [-0.3, -0.25) is 9.20 Å². The first kappa shape index (κ1) is 20.1. The Bertz CT molecular complexity index is 1200. The van der Waals surface area contributed by atoms with Gasteiger partial charge in [0.15, 0.2) is 5.16 Å². The Labute approximate surface area is 186 Å². The largest absolute Gasteiger partial charge is 0.341 e. The highest BCUT2D eigenvalue weighted by atomic mass is 32.2. The number of hydrogen-bond donors (Lipinski definition) is 0. The SMILES string of the molecule is C[C@@H]1C[C@@H](C)CN(C(=O)CSc2nnc3n(Cc4ccccc4)c4ccccc4n23)C1. The number of aromatic nitrogens is 4. The molecule has 0 N–H and O–H groups in total. The van der Waals surface area contributed by atoms with Gasteiger partial charge in [0.1, 0.15) is 0 Å². The van der Waals surface area contributed by atoms with Crippen LogP contribution in [-0.4, -0.2) is 48.8 Å². The molecule has 2 aromatic heterocycles. The van der Waals surface area contributed by atoms with Crippen molar-refractivity contribution in [3.05, 3.63) is 60.2 Å². The van der Waals surface area contributed by atoms with Crippen LogP contribution in [0.25, 0.3) is 16.8 Å². The highest BCUT2D eigenvalue weighted by Gasteiger charge is 2.26. The van der Waals surface area contributed by atoms with Crippen LogP contribution in [0.2, 0.25) is 0 Å². The van der Waals surface area contributed by atoms with Crippen molar-refractivity contribution in [2.75, 3.05) is 18.8 Å². The lowest BCUT2D eigenvalue weighted by molar-refractivity contribution is -0.130. The maximum absolute atomic E-state index is 12.9. The minimum Gasteiger partial charge on any atom is -0.341 e. The van der Waals surface area contributed by atoms with Gasteiger partial charge in [0, 0.05) is 13.1 Å². The Morgan fingerprint density at radius 2 is 1.65 bits per heavy atom. The molecule has 1 fully saturated rings. The molecule has 6 nitrogen and oxygen atoms in total. The molecule has 1 aliphatic heterocycles. The van der Waals surface area contributed by atoms with Crippen molar-refractivity contribution in [2.24, 2.45) is 11.8 Å². The van der Waals surface area contributed by atoms with Crippen molar-refractivity contribution in [1.82, 2.24) is 24.1 Å². The highest BCUT2D eigenvalue weighted by Crippen LogP contribution is 2.28. The smallest absolute Gasteiger partial charge is 0.237 e. The number of para-hydroxylation sites is 2. The van der Waals surface area contributed by atoms with E-state index in [9.17, 15) is 4.79 Å². The average Bonchev–Trinajstić information content (AvgIpc) is 3.32. The third-order valence-corrected chi connectivity index (χ3v) is 6.91. The first-order valence-corrected chi connectivity index (χ1v) is 11.9. The first-order valence-electron chi connectivity index (χ1n) is 10.9. The minimum atomic E-state index is 0.188. The van der Waals surface area contributed by atoms with E-state index in [0.717, 1.165) is 41.6 Å². The summed E-state index contributed by atoms with van der Waals surface area (Å²) >= 11 is 1.48. The van der Waals surface area contributed by atoms with Crippen LogP contribution in [0.1, 0.15) is 25.8 Å². The summed E-state index contributed by atoms with van der Waals surface area (Å²) in [7, 11) is 0. The van der Waals surface area contributed by atoms with Gasteiger partial charge in [0.25, 0.3) is 0 Å². The second-order valence-corrected chi connectivity index (χ2v) is 9.65. The van der Waals surface area contributed by atoms with Crippen molar-refractivity contribution in [2.45, 2.75) is 32.0 Å². The van der Waals surface area contributed by atoms with E-state index < -0.39 is 0 Å². The second-order valence-electron chi connectivity index (χ2n) is 8.71. The van der Waals surface area contributed by atoms with Crippen LogP contribution in [0, 0.1) is 11.8 Å². The average molecular weight is 434 g/mol. The lowest BCUT2D eigenvalue weighted by atomic mass is 9.92. The standard InChI is InChI=1S/C24H27N5OS/c1-17-12-18(2)14-27(13-17)22(30)16-31-24-26-25-23-28(15-19-8-4-3-5-9-19)20-10-6-7-11-21(20)29(23)24/h3-11,17-18H,12-16H2,1-2H3/t17-,18-/m1/s1. The van der Waals surface area contributed by atoms with Gasteiger partial charge in [-0.05, 0) is 36.0 Å². The number of likely N-dealkylation sites (tertiary alicyclic amines) is 1. The quantitative estimate of drug-likeness (QED) is 0.440. The number of fused-ring (bicyclic) bond motifs is 3. The number of imidazole rings is 1. The second kappa shape index (κ2) is 8.38. The lowest BCUT2D eigenvalue weighted by Gasteiger charge is -2.34. The van der Waals surface area contributed by atoms with Crippen LogP contribution < -0.4 is 0 Å². The van der Waals surface area contributed by atoms with E-state index in [1.165, 1.54) is 23.7 Å². The van der Waals surface area contributed by atoms with Gasteiger partial charge in [-0.25, -0.2) is 0 Å². The number of nitrogens with zero attached hydrogens (tertiary/aromatic N) is 5. The van der Waals surface area contributed by atoms with Crippen molar-refractivity contribution in [3.8, 4) is 0 Å². The zero-order valence-electron chi connectivity index (χ0n) is 17.9. The molecule has 0 spiro atoms. The number of amides is 1. The molecule has 7 heteroatoms. The molecule has 0 radical (unpaired) electrons. The normalized spacial score (nSPS) is 19.4. The Hall–Kier alpha value is -2.80. The molecule has 0 aliphatic carbocycles. The Kier molecular flexibility index (Phi) is 5.44. The summed E-state index contributed by atoms with van der Waals surface area (Å²) in [5, 5.41) is 9.70. The number of rotatable bonds is 5. The predicted octanol–water partition coefficient (Wildman–Crippen LogP) is 4.33. The van der Waals surface area contributed by atoms with E-state index in [-0.39, 0.29) is 5.91 Å². The molecule has 1 amide bonds. The van der Waals surface area contributed by atoms with E-state index in [1.54, 1.807) is 0 Å². The van der Waals surface area contributed by atoms with Crippen molar-refractivity contribution in [1.29, 1.82) is 0 Å². The molecule has 2 atom stereocenters. The summed E-state index contributed by atoms with van der Waals surface area (Å²) in [5.41, 5.74) is 3.39. The van der Waals surface area contributed by atoms with Crippen molar-refractivity contribution in [3.63, 3.8) is 0 Å². The zero-order chi connectivity index (χ0) is 21.4. The minimum absolute atomic E-state index is 0.188. The third-order valence-electron chi connectivity index (χ3n) is 6.00. The maximum atomic E-state index is 12.9. The van der Waals surface area contributed by atoms with E-state index in [2.05, 4.69) is 69.4 Å². The van der Waals surface area contributed by atoms with Crippen molar-refractivity contribution < 1.29 is 4.79 Å². The van der Waals surface area contributed by atoms with Crippen LogP contribution in [0.3, 0.4) is 0 Å². The number of carbonyl (C=O) groups is 1. The van der Waals surface area contributed by atoms with Gasteiger partial charge >= 0.3 is 0 Å². The van der Waals surface area contributed by atoms with E-state index in [1.807, 2.05) is 23.1 Å². The van der Waals surface area contributed by atoms with Gasteiger partial charge in [0.2, 0.25) is 11.7 Å². The maximum Gasteiger partial charge on any atom is 0.237 e. The third kappa shape index (κ3) is 3.94. The number of carbonyl (C=O) groups excluding carboxylic acids is 1. The highest BCUT2D eigenvalue weighted by molar-refractivity contribution is 7.99. The summed E-state index contributed by atoms with van der Waals surface area (Å²) in [5.74, 6) is 2.51. The molecule has 1 saturated heterocycles. The molecule has 0 unspecified atom stereocenters. The Morgan fingerprint density at radius 1 is 0.968 bits per heavy atom. The summed E-state index contributed by atoms with van der Waals surface area (Å²) in [4.78, 5) is 14.9. The topological polar surface area (TPSA) is 55.4 Å². The van der Waals surface area contributed by atoms with Gasteiger partial charge in [-0.1, -0.05) is 68.1 Å². The molecular formula is C24H27N5OS. The van der Waals surface area contributed by atoms with Crippen LogP contribution in [0.4, 0.5) is 0 Å². The molecule has 0 bridgehead atoms. The Morgan fingerprint density at radius 3 is 2.39 bits per heavy atom. The molecule has 2 aromatic carbocycles. The summed E-state index contributed by atoms with van der Waals surface area (Å²) in [6.45, 7) is 6.90. The van der Waals surface area contributed by atoms with Gasteiger partial charge in [-0.2, -0.15) is 0 Å². The fraction of sp³-hybridized carbons (Fsp3) is 0.375. The lowest BCUT2D eigenvalue weighted by Crippen LogP contribution is -2.43. The number of hydrogen-bond acceptors (Lipinski definition) is 4. The monoisotopic (exact) mass is 433 g/mol. The molecular weight excluding hydrogens is 406 g/mol. The van der Waals surface area contributed by atoms with Crippen LogP contribution >= 0.6 is 11.8 Å². The van der Waals surface area contributed by atoms with Crippen LogP contribution in [0.5, 0.6) is 0 Å². The summed E-state index contributed by atoms with van der Waals surface area (Å²) in [6.07, 6.45) is 1.20. The van der Waals surface area contributed by atoms with Gasteiger partial charge in [-0.15, -0.1) is 10.2 Å². The summed E-state index contributed by atoms with van der Waals surface area (Å²) in [6, 6.07) is 18.7. The zero-order valence-corrected chi connectivity index (χ0v) is 18.8. The molecule has 0 saturated carbocycles. The van der Waals surface area contributed by atoms with Gasteiger partial charge < -0.3 is 9.47 Å². The number of piperidine rings is 1. The first-order chi connectivity index (χ1) is 15.1. The number of benzene rings is 2. The van der Waals surface area contributed by atoms with E-state index >= 15 is 0 Å². The molecule has 5 rings (SSSR count). The molecule has 4 aromatic rings. The van der Waals surface area contributed by atoms with E-state index in [4.69, 9.17) is 0 Å². The Balaban J connectivity index is 1.43. The molecule has 31 heavy (non-hydrogen) atoms. The molecule has 3 heterocycles. The van der Waals surface area contributed by atoms with Crippen LogP contribution in [0.15, 0.2) is 59.8 Å². The van der Waals surface area contributed by atoms with E-state index in [0.29, 0.717) is 17.6 Å². The predicted molar refractivity (Wildman–Crippen MR) is 124 cm³/mol. The fourth-order valence-corrected chi connectivity index (χ4v) is 5.58.